The van der Waals surface area contributed by atoms with E-state index < -0.39 is 0 Å². The van der Waals surface area contributed by atoms with Crippen LogP contribution in [-0.2, 0) is 6.42 Å². The number of H-pyrrole nitrogens is 1. The molecule has 0 aliphatic heterocycles. The van der Waals surface area contributed by atoms with Gasteiger partial charge in [-0.05, 0) is 24.0 Å². The van der Waals surface area contributed by atoms with Crippen LogP contribution in [-0.4, -0.2) is 17.9 Å². The van der Waals surface area contributed by atoms with E-state index in [2.05, 4.69) is 18.0 Å². The van der Waals surface area contributed by atoms with Crippen molar-refractivity contribution < 1.29 is 9.53 Å². The highest BCUT2D eigenvalue weighted by atomic mass is 16.5. The summed E-state index contributed by atoms with van der Waals surface area (Å²) < 4.78 is 5.32. The van der Waals surface area contributed by atoms with Gasteiger partial charge in [-0.15, -0.1) is 0 Å². The Bertz CT molecular complexity index is 598. The first-order valence-electron chi connectivity index (χ1n) is 5.91. The maximum atomic E-state index is 12.0. The Balaban J connectivity index is 2.31. The van der Waals surface area contributed by atoms with Crippen molar-refractivity contribution in [1.29, 1.82) is 0 Å². The van der Waals surface area contributed by atoms with Gasteiger partial charge in [-0.3, -0.25) is 4.79 Å². The fourth-order valence-corrected chi connectivity index (χ4v) is 2.71. The molecule has 0 amide bonds. The SMILES string of the molecule is COc1cccc2c3c([nH]c12)C(=O)CC(C)C3. The number of nitrogens with one attached hydrogen (secondary N) is 1. The number of benzene rings is 1. The zero-order valence-corrected chi connectivity index (χ0v) is 10.0. The van der Waals surface area contributed by atoms with Crippen LogP contribution in [0, 0.1) is 5.92 Å². The van der Waals surface area contributed by atoms with Crippen LogP contribution >= 0.6 is 0 Å². The Hall–Kier alpha value is -1.77. The van der Waals surface area contributed by atoms with Gasteiger partial charge in [-0.1, -0.05) is 19.1 Å². The summed E-state index contributed by atoms with van der Waals surface area (Å²) in [5.74, 6) is 1.45. The van der Waals surface area contributed by atoms with Gasteiger partial charge in [-0.2, -0.15) is 0 Å². The monoisotopic (exact) mass is 229 g/mol. The Morgan fingerprint density at radius 2 is 2.18 bits per heavy atom. The van der Waals surface area contributed by atoms with Crippen LogP contribution < -0.4 is 4.74 Å². The third-order valence-corrected chi connectivity index (χ3v) is 3.49. The number of carbonyl (C=O) groups is 1. The van der Waals surface area contributed by atoms with Crippen molar-refractivity contribution in [2.45, 2.75) is 19.8 Å². The number of hydrogen-bond acceptors (Lipinski definition) is 2. The molecule has 3 rings (SSSR count). The first-order chi connectivity index (χ1) is 8.20. The van der Waals surface area contributed by atoms with Crippen molar-refractivity contribution in [1.82, 2.24) is 4.98 Å². The fourth-order valence-electron chi connectivity index (χ4n) is 2.71. The van der Waals surface area contributed by atoms with E-state index in [0.717, 1.165) is 34.3 Å². The number of fused-ring (bicyclic) bond motifs is 3. The Morgan fingerprint density at radius 3 is 2.94 bits per heavy atom. The highest BCUT2D eigenvalue weighted by Gasteiger charge is 2.26. The van der Waals surface area contributed by atoms with Crippen LogP contribution in [0.15, 0.2) is 18.2 Å². The predicted octanol–water partition coefficient (Wildman–Crippen LogP) is 2.94. The summed E-state index contributed by atoms with van der Waals surface area (Å²) in [6, 6.07) is 5.94. The number of carbonyl (C=O) groups excluding carboxylic acids is 1. The van der Waals surface area contributed by atoms with E-state index >= 15 is 0 Å². The second-order valence-corrected chi connectivity index (χ2v) is 4.80. The average Bonchev–Trinajstić information content (AvgIpc) is 2.68. The van der Waals surface area contributed by atoms with E-state index in [9.17, 15) is 4.79 Å². The van der Waals surface area contributed by atoms with Gasteiger partial charge in [-0.25, -0.2) is 0 Å². The van der Waals surface area contributed by atoms with Crippen molar-refractivity contribution in [2.24, 2.45) is 5.92 Å². The molecule has 0 spiro atoms. The molecule has 0 fully saturated rings. The highest BCUT2D eigenvalue weighted by Crippen LogP contribution is 2.35. The number of aromatic amines is 1. The van der Waals surface area contributed by atoms with Gasteiger partial charge >= 0.3 is 0 Å². The van der Waals surface area contributed by atoms with E-state index in [4.69, 9.17) is 4.74 Å². The van der Waals surface area contributed by atoms with Gasteiger partial charge in [0.1, 0.15) is 5.75 Å². The third-order valence-electron chi connectivity index (χ3n) is 3.49. The maximum Gasteiger partial charge on any atom is 0.179 e. The lowest BCUT2D eigenvalue weighted by atomic mass is 9.87. The highest BCUT2D eigenvalue weighted by molar-refractivity contribution is 6.04. The zero-order valence-electron chi connectivity index (χ0n) is 10.0. The van der Waals surface area contributed by atoms with Gasteiger partial charge in [0.05, 0.1) is 18.3 Å². The minimum Gasteiger partial charge on any atom is -0.495 e. The lowest BCUT2D eigenvalue weighted by Gasteiger charge is -2.16. The molecule has 1 aromatic carbocycles. The van der Waals surface area contributed by atoms with Gasteiger partial charge in [0.25, 0.3) is 0 Å². The number of hydrogen-bond donors (Lipinski definition) is 1. The molecule has 2 aromatic rings. The van der Waals surface area contributed by atoms with E-state index in [1.807, 2.05) is 12.1 Å². The third kappa shape index (κ3) is 1.46. The molecule has 17 heavy (non-hydrogen) atoms. The quantitative estimate of drug-likeness (QED) is 0.816. The molecule has 1 unspecified atom stereocenters. The molecule has 1 aliphatic rings. The maximum absolute atomic E-state index is 12.0. The summed E-state index contributed by atoms with van der Waals surface area (Å²) >= 11 is 0. The Labute approximate surface area is 99.8 Å². The Kier molecular flexibility index (Phi) is 2.21. The first kappa shape index (κ1) is 10.4. The summed E-state index contributed by atoms with van der Waals surface area (Å²) in [5.41, 5.74) is 2.88. The standard InChI is InChI=1S/C14H15NO2/c1-8-6-10-9-4-3-5-12(17-2)14(9)15-13(10)11(16)7-8/h3-5,8,15H,6-7H2,1-2H3. The summed E-state index contributed by atoms with van der Waals surface area (Å²) in [6.07, 6.45) is 1.61. The zero-order chi connectivity index (χ0) is 12.0. The summed E-state index contributed by atoms with van der Waals surface area (Å²) in [4.78, 5) is 15.2. The molecular weight excluding hydrogens is 214 g/mol. The van der Waals surface area contributed by atoms with Crippen LogP contribution in [0.3, 0.4) is 0 Å². The molecule has 0 bridgehead atoms. The lowest BCUT2D eigenvalue weighted by Crippen LogP contribution is -2.17. The molecule has 3 heteroatoms. The van der Waals surface area contributed by atoms with E-state index in [1.165, 1.54) is 0 Å². The summed E-state index contributed by atoms with van der Waals surface area (Å²) in [6.45, 7) is 2.12. The second-order valence-electron chi connectivity index (χ2n) is 4.80. The van der Waals surface area contributed by atoms with Crippen molar-refractivity contribution in [3.63, 3.8) is 0 Å². The van der Waals surface area contributed by atoms with E-state index in [-0.39, 0.29) is 5.78 Å². The minimum absolute atomic E-state index is 0.219. The number of aromatic nitrogens is 1. The van der Waals surface area contributed by atoms with Crippen molar-refractivity contribution in [3.8, 4) is 5.75 Å². The number of ether oxygens (including phenoxy) is 1. The van der Waals surface area contributed by atoms with Crippen LogP contribution in [0.2, 0.25) is 0 Å². The number of Topliss-reactive ketones (excluding diaryl/α,β-unsaturated/α-hetero) is 1. The summed E-state index contributed by atoms with van der Waals surface area (Å²) in [7, 11) is 1.65. The molecule has 0 saturated carbocycles. The first-order valence-corrected chi connectivity index (χ1v) is 5.91. The molecule has 0 saturated heterocycles. The minimum atomic E-state index is 0.219. The van der Waals surface area contributed by atoms with E-state index in [1.54, 1.807) is 7.11 Å². The van der Waals surface area contributed by atoms with Crippen molar-refractivity contribution in [2.75, 3.05) is 7.11 Å². The molecule has 1 atom stereocenters. The number of methoxy groups -OCH3 is 1. The number of rotatable bonds is 1. The molecular formula is C14H15NO2. The van der Waals surface area contributed by atoms with Crippen LogP contribution in [0.25, 0.3) is 10.9 Å². The van der Waals surface area contributed by atoms with Crippen molar-refractivity contribution in [3.05, 3.63) is 29.5 Å². The van der Waals surface area contributed by atoms with Gasteiger partial charge < -0.3 is 9.72 Å². The van der Waals surface area contributed by atoms with Crippen LogP contribution in [0.4, 0.5) is 0 Å². The molecule has 1 aromatic heterocycles. The molecule has 3 nitrogen and oxygen atoms in total. The van der Waals surface area contributed by atoms with Gasteiger partial charge in [0, 0.05) is 11.8 Å². The van der Waals surface area contributed by atoms with Crippen LogP contribution in [0.5, 0.6) is 5.75 Å². The molecule has 1 aliphatic carbocycles. The normalized spacial score (nSPS) is 19.4. The molecule has 88 valence electrons. The smallest absolute Gasteiger partial charge is 0.179 e. The van der Waals surface area contributed by atoms with Crippen molar-refractivity contribution >= 4 is 16.7 Å². The topological polar surface area (TPSA) is 42.1 Å². The molecule has 0 radical (unpaired) electrons. The van der Waals surface area contributed by atoms with E-state index in [0.29, 0.717) is 12.3 Å². The summed E-state index contributed by atoms with van der Waals surface area (Å²) in [5, 5.41) is 1.12. The molecule has 1 heterocycles. The number of para-hydroxylation sites is 1. The average molecular weight is 229 g/mol. The number of ketones is 1. The van der Waals surface area contributed by atoms with Gasteiger partial charge in [0.15, 0.2) is 5.78 Å². The lowest BCUT2D eigenvalue weighted by molar-refractivity contribution is 0.0949. The fraction of sp³-hybridized carbons (Fsp3) is 0.357. The molecule has 1 N–H and O–H groups in total. The van der Waals surface area contributed by atoms with Gasteiger partial charge in [0.2, 0.25) is 0 Å². The predicted molar refractivity (Wildman–Crippen MR) is 66.7 cm³/mol. The second kappa shape index (κ2) is 3.62. The largest absolute Gasteiger partial charge is 0.495 e. The Morgan fingerprint density at radius 1 is 1.35 bits per heavy atom. The van der Waals surface area contributed by atoms with Crippen LogP contribution in [0.1, 0.15) is 29.4 Å².